The monoisotopic (exact) mass is 323 g/mol. The van der Waals surface area contributed by atoms with E-state index in [1.54, 1.807) is 36.4 Å². The van der Waals surface area contributed by atoms with E-state index in [-0.39, 0.29) is 10.6 Å². The van der Waals surface area contributed by atoms with Crippen LogP contribution >= 0.6 is 0 Å². The van der Waals surface area contributed by atoms with E-state index in [2.05, 4.69) is 4.72 Å². The van der Waals surface area contributed by atoms with Gasteiger partial charge in [0.25, 0.3) is 10.0 Å². The van der Waals surface area contributed by atoms with Gasteiger partial charge in [-0.2, -0.15) is 0 Å². The molecule has 0 radical (unpaired) electrons. The number of hydrogen-bond donors (Lipinski definition) is 1. The minimum Gasteiger partial charge on any atom is -0.497 e. The summed E-state index contributed by atoms with van der Waals surface area (Å²) in [6, 6.07) is 11.2. The highest BCUT2D eigenvalue weighted by atomic mass is 32.2. The lowest BCUT2D eigenvalue weighted by molar-refractivity contribution is 0.392. The van der Waals surface area contributed by atoms with E-state index >= 15 is 0 Å². The molecule has 0 bridgehead atoms. The number of anilines is 1. The zero-order valence-corrected chi connectivity index (χ0v) is 13.3. The van der Waals surface area contributed by atoms with Crippen LogP contribution in [0.15, 0.2) is 47.4 Å². The maximum absolute atomic E-state index is 12.6. The fraction of sp³-hybridized carbons (Fsp3) is 0.200. The van der Waals surface area contributed by atoms with E-state index in [4.69, 9.17) is 14.2 Å². The summed E-state index contributed by atoms with van der Waals surface area (Å²) < 4.78 is 42.9. The summed E-state index contributed by atoms with van der Waals surface area (Å²) in [7, 11) is 0.563. The molecule has 118 valence electrons. The Balaban J connectivity index is 2.41. The van der Waals surface area contributed by atoms with Crippen LogP contribution in [0.3, 0.4) is 0 Å². The molecule has 1 N–H and O–H groups in total. The van der Waals surface area contributed by atoms with E-state index < -0.39 is 10.0 Å². The van der Waals surface area contributed by atoms with Crippen LogP contribution in [-0.4, -0.2) is 29.7 Å². The number of ether oxygens (including phenoxy) is 3. The van der Waals surface area contributed by atoms with Crippen molar-refractivity contribution in [2.45, 2.75) is 4.90 Å². The Morgan fingerprint density at radius 1 is 0.864 bits per heavy atom. The zero-order valence-electron chi connectivity index (χ0n) is 12.5. The predicted molar refractivity (Wildman–Crippen MR) is 83.3 cm³/mol. The van der Waals surface area contributed by atoms with Crippen LogP contribution in [0.4, 0.5) is 5.69 Å². The summed E-state index contributed by atoms with van der Waals surface area (Å²) in [5.74, 6) is 1.21. The standard InChI is InChI=1S/C15H17NO5S/c1-19-12-6-4-5-11(9-12)16-22(17,18)15-10-13(20-2)7-8-14(15)21-3/h4-10,16H,1-3H3. The van der Waals surface area contributed by atoms with Crippen molar-refractivity contribution in [3.05, 3.63) is 42.5 Å². The normalized spacial score (nSPS) is 10.9. The Kier molecular flexibility index (Phi) is 4.77. The van der Waals surface area contributed by atoms with Crippen LogP contribution in [0, 0.1) is 0 Å². The van der Waals surface area contributed by atoms with E-state index in [0.29, 0.717) is 17.2 Å². The van der Waals surface area contributed by atoms with Crippen molar-refractivity contribution < 1.29 is 22.6 Å². The van der Waals surface area contributed by atoms with Gasteiger partial charge in [0.1, 0.15) is 22.1 Å². The molecular weight excluding hydrogens is 306 g/mol. The average molecular weight is 323 g/mol. The Labute approximate surface area is 129 Å². The molecule has 0 saturated heterocycles. The van der Waals surface area contributed by atoms with E-state index in [0.717, 1.165) is 0 Å². The third-order valence-corrected chi connectivity index (χ3v) is 4.38. The molecule has 0 aliphatic rings. The van der Waals surface area contributed by atoms with Crippen molar-refractivity contribution in [1.82, 2.24) is 0 Å². The molecule has 6 nitrogen and oxygen atoms in total. The Hall–Kier alpha value is -2.41. The lowest BCUT2D eigenvalue weighted by Crippen LogP contribution is -2.14. The number of hydrogen-bond acceptors (Lipinski definition) is 5. The van der Waals surface area contributed by atoms with Gasteiger partial charge in [-0.05, 0) is 24.3 Å². The second-order valence-electron chi connectivity index (χ2n) is 4.35. The molecule has 0 heterocycles. The molecule has 0 fully saturated rings. The van der Waals surface area contributed by atoms with Gasteiger partial charge in [0, 0.05) is 12.1 Å². The molecule has 0 amide bonds. The molecule has 0 aliphatic heterocycles. The topological polar surface area (TPSA) is 73.9 Å². The van der Waals surface area contributed by atoms with Gasteiger partial charge >= 0.3 is 0 Å². The fourth-order valence-electron chi connectivity index (χ4n) is 1.89. The molecule has 2 rings (SSSR count). The quantitative estimate of drug-likeness (QED) is 0.884. The van der Waals surface area contributed by atoms with E-state index in [1.807, 2.05) is 0 Å². The van der Waals surface area contributed by atoms with Crippen molar-refractivity contribution >= 4 is 15.7 Å². The number of methoxy groups -OCH3 is 3. The molecule has 0 saturated carbocycles. The lowest BCUT2D eigenvalue weighted by atomic mass is 10.3. The van der Waals surface area contributed by atoms with Crippen molar-refractivity contribution in [2.24, 2.45) is 0 Å². The summed E-state index contributed by atoms with van der Waals surface area (Å²) >= 11 is 0. The van der Waals surface area contributed by atoms with Crippen LogP contribution in [0.25, 0.3) is 0 Å². The highest BCUT2D eigenvalue weighted by Gasteiger charge is 2.21. The van der Waals surface area contributed by atoms with Gasteiger partial charge in [0.2, 0.25) is 0 Å². The smallest absolute Gasteiger partial charge is 0.265 e. The van der Waals surface area contributed by atoms with Crippen LogP contribution < -0.4 is 18.9 Å². The van der Waals surface area contributed by atoms with Crippen LogP contribution in [0.2, 0.25) is 0 Å². The molecule has 2 aromatic carbocycles. The number of sulfonamides is 1. The third kappa shape index (κ3) is 3.43. The average Bonchev–Trinajstić information content (AvgIpc) is 2.54. The van der Waals surface area contributed by atoms with Crippen molar-refractivity contribution in [3.63, 3.8) is 0 Å². The minimum absolute atomic E-state index is 0.00262. The second-order valence-corrected chi connectivity index (χ2v) is 6.01. The minimum atomic E-state index is -3.82. The zero-order chi connectivity index (χ0) is 16.2. The third-order valence-electron chi connectivity index (χ3n) is 2.98. The summed E-state index contributed by atoms with van der Waals surface area (Å²) in [4.78, 5) is -0.00262. The first-order valence-electron chi connectivity index (χ1n) is 6.39. The summed E-state index contributed by atoms with van der Waals surface area (Å²) in [6.45, 7) is 0. The van der Waals surface area contributed by atoms with Crippen LogP contribution in [0.5, 0.6) is 17.2 Å². The Bertz CT molecular complexity index is 758. The maximum Gasteiger partial charge on any atom is 0.265 e. The fourth-order valence-corrected chi connectivity index (χ4v) is 3.13. The van der Waals surface area contributed by atoms with Crippen LogP contribution in [0.1, 0.15) is 0 Å². The SMILES string of the molecule is COc1cccc(NS(=O)(=O)c2cc(OC)ccc2OC)c1. The molecule has 2 aromatic rings. The number of nitrogens with one attached hydrogen (secondary N) is 1. The maximum atomic E-state index is 12.6. The summed E-state index contributed by atoms with van der Waals surface area (Å²) in [5.41, 5.74) is 0.393. The summed E-state index contributed by atoms with van der Waals surface area (Å²) in [6.07, 6.45) is 0. The van der Waals surface area contributed by atoms with Crippen molar-refractivity contribution in [3.8, 4) is 17.2 Å². The lowest BCUT2D eigenvalue weighted by Gasteiger charge is -2.13. The Morgan fingerprint density at radius 3 is 2.18 bits per heavy atom. The number of benzene rings is 2. The molecule has 22 heavy (non-hydrogen) atoms. The van der Waals surface area contributed by atoms with Gasteiger partial charge in [-0.1, -0.05) is 6.07 Å². The van der Waals surface area contributed by atoms with Crippen LogP contribution in [-0.2, 0) is 10.0 Å². The van der Waals surface area contributed by atoms with Crippen molar-refractivity contribution in [1.29, 1.82) is 0 Å². The molecule has 7 heteroatoms. The van der Waals surface area contributed by atoms with E-state index in [1.165, 1.54) is 27.4 Å². The molecule has 0 aromatic heterocycles. The second kappa shape index (κ2) is 6.57. The largest absolute Gasteiger partial charge is 0.497 e. The van der Waals surface area contributed by atoms with Gasteiger partial charge in [-0.15, -0.1) is 0 Å². The van der Waals surface area contributed by atoms with Gasteiger partial charge in [-0.3, -0.25) is 4.72 Å². The molecular formula is C15H17NO5S. The molecule has 0 aliphatic carbocycles. The highest BCUT2D eigenvalue weighted by molar-refractivity contribution is 7.92. The van der Waals surface area contributed by atoms with Crippen molar-refractivity contribution in [2.75, 3.05) is 26.1 Å². The van der Waals surface area contributed by atoms with Gasteiger partial charge < -0.3 is 14.2 Å². The first kappa shape index (κ1) is 16.0. The predicted octanol–water partition coefficient (Wildman–Crippen LogP) is 2.51. The van der Waals surface area contributed by atoms with E-state index in [9.17, 15) is 8.42 Å². The number of rotatable bonds is 6. The molecule has 0 unspecified atom stereocenters. The van der Waals surface area contributed by atoms with Gasteiger partial charge in [0.05, 0.1) is 27.0 Å². The molecule has 0 spiro atoms. The Morgan fingerprint density at radius 2 is 1.55 bits per heavy atom. The first-order valence-corrected chi connectivity index (χ1v) is 7.87. The first-order chi connectivity index (χ1) is 10.5. The molecule has 0 atom stereocenters. The van der Waals surface area contributed by atoms with Gasteiger partial charge in [0.15, 0.2) is 0 Å². The summed E-state index contributed by atoms with van der Waals surface area (Å²) in [5, 5.41) is 0. The van der Waals surface area contributed by atoms with Gasteiger partial charge in [-0.25, -0.2) is 8.42 Å². The highest BCUT2D eigenvalue weighted by Crippen LogP contribution is 2.30.